The zero-order valence-electron chi connectivity index (χ0n) is 7.27. The topological polar surface area (TPSA) is 17.1 Å². The van der Waals surface area contributed by atoms with Crippen molar-refractivity contribution in [2.45, 2.75) is 34.1 Å². The maximum Gasteiger partial charge on any atom is 0.133 e. The van der Waals surface area contributed by atoms with Gasteiger partial charge in [-0.2, -0.15) is 0 Å². The summed E-state index contributed by atoms with van der Waals surface area (Å²) >= 11 is 0. The Morgan fingerprint density at radius 1 is 1.40 bits per heavy atom. The Hall–Kier alpha value is -0.590. The molecule has 0 atom stereocenters. The molecular weight excluding hydrogens is 124 g/mol. The van der Waals surface area contributed by atoms with Crippen molar-refractivity contribution in [2.75, 3.05) is 0 Å². The van der Waals surface area contributed by atoms with Crippen LogP contribution in [0.5, 0.6) is 0 Å². The molecule has 0 aliphatic heterocycles. The summed E-state index contributed by atoms with van der Waals surface area (Å²) in [6, 6.07) is 0. The molecule has 0 aliphatic carbocycles. The average Bonchev–Trinajstić information content (AvgIpc) is 1.58. The van der Waals surface area contributed by atoms with Gasteiger partial charge in [0, 0.05) is 6.42 Å². The lowest BCUT2D eigenvalue weighted by molar-refractivity contribution is -0.116. The van der Waals surface area contributed by atoms with Gasteiger partial charge in [0.05, 0.1) is 0 Å². The monoisotopic (exact) mass is 140 g/mol. The molecule has 0 saturated heterocycles. The maximum absolute atomic E-state index is 10.6. The number of allylic oxidation sites excluding steroid dienone is 2. The van der Waals surface area contributed by atoms with Crippen molar-refractivity contribution in [3.05, 3.63) is 11.6 Å². The molecule has 0 N–H and O–H groups in total. The van der Waals surface area contributed by atoms with E-state index < -0.39 is 0 Å². The number of hydrogen-bond donors (Lipinski definition) is 0. The van der Waals surface area contributed by atoms with Crippen LogP contribution in [-0.4, -0.2) is 5.78 Å². The van der Waals surface area contributed by atoms with Crippen molar-refractivity contribution < 1.29 is 4.79 Å². The first-order valence-corrected chi connectivity index (χ1v) is 3.69. The maximum atomic E-state index is 10.6. The minimum Gasteiger partial charge on any atom is -0.300 e. The van der Waals surface area contributed by atoms with Gasteiger partial charge >= 0.3 is 0 Å². The van der Waals surface area contributed by atoms with E-state index in [1.54, 1.807) is 6.92 Å². The number of rotatable bonds is 3. The van der Waals surface area contributed by atoms with Crippen LogP contribution in [0, 0.1) is 5.92 Å². The molecule has 0 unspecified atom stereocenters. The molecule has 58 valence electrons. The molecule has 0 spiro atoms. The molecule has 0 fully saturated rings. The van der Waals surface area contributed by atoms with E-state index in [0.29, 0.717) is 12.3 Å². The molecule has 0 saturated carbocycles. The second kappa shape index (κ2) is 4.26. The van der Waals surface area contributed by atoms with E-state index >= 15 is 0 Å². The minimum absolute atomic E-state index is 0.245. The molecule has 0 amide bonds. The second-order valence-electron chi connectivity index (χ2n) is 3.14. The lowest BCUT2D eigenvalue weighted by Gasteiger charge is -1.99. The van der Waals surface area contributed by atoms with Crippen molar-refractivity contribution in [3.8, 4) is 0 Å². The lowest BCUT2D eigenvalue weighted by Crippen LogP contribution is -1.92. The SMILES string of the molecule is CC(=O)CC(C)=CC(C)C. The third kappa shape index (κ3) is 5.54. The van der Waals surface area contributed by atoms with E-state index in [0.717, 1.165) is 0 Å². The van der Waals surface area contributed by atoms with E-state index in [1.807, 2.05) is 6.92 Å². The van der Waals surface area contributed by atoms with Crippen LogP contribution in [0.4, 0.5) is 0 Å². The summed E-state index contributed by atoms with van der Waals surface area (Å²) in [5.41, 5.74) is 1.18. The van der Waals surface area contributed by atoms with E-state index in [-0.39, 0.29) is 5.78 Å². The van der Waals surface area contributed by atoms with Crippen LogP contribution in [0.3, 0.4) is 0 Å². The summed E-state index contributed by atoms with van der Waals surface area (Å²) in [6.07, 6.45) is 2.74. The Balaban J connectivity index is 3.82. The molecule has 0 rings (SSSR count). The smallest absolute Gasteiger partial charge is 0.133 e. The van der Waals surface area contributed by atoms with Crippen LogP contribution in [0.2, 0.25) is 0 Å². The van der Waals surface area contributed by atoms with Gasteiger partial charge < -0.3 is 0 Å². The predicted octanol–water partition coefficient (Wildman–Crippen LogP) is 2.57. The van der Waals surface area contributed by atoms with Crippen LogP contribution >= 0.6 is 0 Å². The fourth-order valence-electron chi connectivity index (χ4n) is 1.02. The van der Waals surface area contributed by atoms with E-state index in [1.165, 1.54) is 5.57 Å². The van der Waals surface area contributed by atoms with E-state index in [9.17, 15) is 4.79 Å². The molecule has 0 aliphatic rings. The Labute approximate surface area is 63.1 Å². The Morgan fingerprint density at radius 2 is 1.90 bits per heavy atom. The van der Waals surface area contributed by atoms with Gasteiger partial charge in [0.2, 0.25) is 0 Å². The van der Waals surface area contributed by atoms with Crippen LogP contribution in [0.15, 0.2) is 11.6 Å². The van der Waals surface area contributed by atoms with Gasteiger partial charge in [-0.1, -0.05) is 25.5 Å². The molecular formula is C9H16O. The molecule has 0 bridgehead atoms. The van der Waals surface area contributed by atoms with Crippen molar-refractivity contribution in [3.63, 3.8) is 0 Å². The van der Waals surface area contributed by atoms with E-state index in [4.69, 9.17) is 0 Å². The van der Waals surface area contributed by atoms with Crippen LogP contribution in [0.1, 0.15) is 34.1 Å². The molecule has 0 heterocycles. The highest BCUT2D eigenvalue weighted by molar-refractivity contribution is 5.77. The summed E-state index contributed by atoms with van der Waals surface area (Å²) in [6.45, 7) is 7.85. The van der Waals surface area contributed by atoms with Crippen molar-refractivity contribution in [1.82, 2.24) is 0 Å². The number of Topliss-reactive ketones (excluding diaryl/α,β-unsaturated/α-hetero) is 1. The average molecular weight is 140 g/mol. The number of carbonyl (C=O) groups excluding carboxylic acids is 1. The predicted molar refractivity (Wildman–Crippen MR) is 43.9 cm³/mol. The fourth-order valence-corrected chi connectivity index (χ4v) is 1.02. The van der Waals surface area contributed by atoms with Crippen LogP contribution in [0.25, 0.3) is 0 Å². The third-order valence-corrected chi connectivity index (χ3v) is 1.15. The van der Waals surface area contributed by atoms with Gasteiger partial charge in [-0.15, -0.1) is 0 Å². The zero-order chi connectivity index (χ0) is 8.15. The highest BCUT2D eigenvalue weighted by atomic mass is 16.1. The normalized spacial score (nSPS) is 12.3. The van der Waals surface area contributed by atoms with Gasteiger partial charge in [-0.05, 0) is 19.8 Å². The first-order chi connectivity index (χ1) is 4.52. The molecule has 0 radical (unpaired) electrons. The van der Waals surface area contributed by atoms with Gasteiger partial charge in [0.1, 0.15) is 5.78 Å². The number of hydrogen-bond acceptors (Lipinski definition) is 1. The van der Waals surface area contributed by atoms with Gasteiger partial charge in [-0.3, -0.25) is 4.79 Å². The zero-order valence-corrected chi connectivity index (χ0v) is 7.27. The standard InChI is InChI=1S/C9H16O/c1-7(2)5-8(3)6-9(4)10/h5,7H,6H2,1-4H3. The Morgan fingerprint density at radius 3 is 2.20 bits per heavy atom. The largest absolute Gasteiger partial charge is 0.300 e. The Bertz CT molecular complexity index is 143. The fraction of sp³-hybridized carbons (Fsp3) is 0.667. The minimum atomic E-state index is 0.245. The van der Waals surface area contributed by atoms with Crippen LogP contribution in [-0.2, 0) is 4.79 Å². The van der Waals surface area contributed by atoms with Crippen molar-refractivity contribution in [1.29, 1.82) is 0 Å². The molecule has 10 heavy (non-hydrogen) atoms. The number of ketones is 1. The van der Waals surface area contributed by atoms with Crippen molar-refractivity contribution in [2.24, 2.45) is 5.92 Å². The van der Waals surface area contributed by atoms with Gasteiger partial charge in [0.15, 0.2) is 0 Å². The molecule has 0 aromatic heterocycles. The lowest BCUT2D eigenvalue weighted by atomic mass is 10.1. The third-order valence-electron chi connectivity index (χ3n) is 1.15. The quantitative estimate of drug-likeness (QED) is 0.551. The summed E-state index contributed by atoms with van der Waals surface area (Å²) < 4.78 is 0. The summed E-state index contributed by atoms with van der Waals surface area (Å²) in [5.74, 6) is 0.800. The van der Waals surface area contributed by atoms with Gasteiger partial charge in [-0.25, -0.2) is 0 Å². The van der Waals surface area contributed by atoms with E-state index in [2.05, 4.69) is 19.9 Å². The highest BCUT2D eigenvalue weighted by Crippen LogP contribution is 2.05. The summed E-state index contributed by atoms with van der Waals surface area (Å²) in [5, 5.41) is 0. The first kappa shape index (κ1) is 9.41. The first-order valence-electron chi connectivity index (χ1n) is 3.69. The summed E-state index contributed by atoms with van der Waals surface area (Å²) in [4.78, 5) is 10.6. The second-order valence-corrected chi connectivity index (χ2v) is 3.14. The molecule has 0 aromatic rings. The number of carbonyl (C=O) groups is 1. The van der Waals surface area contributed by atoms with Crippen LogP contribution < -0.4 is 0 Å². The molecule has 1 heteroatoms. The van der Waals surface area contributed by atoms with Gasteiger partial charge in [0.25, 0.3) is 0 Å². The molecule has 0 aromatic carbocycles. The summed E-state index contributed by atoms with van der Waals surface area (Å²) in [7, 11) is 0. The molecule has 1 nitrogen and oxygen atoms in total. The van der Waals surface area contributed by atoms with Crippen molar-refractivity contribution >= 4 is 5.78 Å². The Kier molecular flexibility index (Phi) is 4.01. The highest BCUT2D eigenvalue weighted by Gasteiger charge is 1.95.